The van der Waals surface area contributed by atoms with Crippen molar-refractivity contribution in [1.29, 1.82) is 5.26 Å². The third-order valence-corrected chi connectivity index (χ3v) is 4.87. The average molecular weight is 336 g/mol. The van der Waals surface area contributed by atoms with Crippen molar-refractivity contribution >= 4 is 17.4 Å². The molecule has 0 aliphatic carbocycles. The standard InChI is InChI=1S/C18H29N3OS/c1-3-10-23-11-9-16(4-2)20-13-18(22)14-21-17-7-5-15(12-19)6-8-17/h5-8,16,18,20-22H,3-4,9-11,13-14H2,1-2H3. The van der Waals surface area contributed by atoms with Crippen LogP contribution < -0.4 is 10.6 Å². The number of nitriles is 1. The van der Waals surface area contributed by atoms with E-state index in [0.717, 1.165) is 18.5 Å². The number of nitrogens with one attached hydrogen (secondary N) is 2. The number of anilines is 1. The van der Waals surface area contributed by atoms with Crippen molar-refractivity contribution in [2.24, 2.45) is 0 Å². The molecule has 2 atom stereocenters. The fourth-order valence-electron chi connectivity index (χ4n) is 2.20. The van der Waals surface area contributed by atoms with Gasteiger partial charge in [-0.05, 0) is 55.0 Å². The Morgan fingerprint density at radius 3 is 2.52 bits per heavy atom. The lowest BCUT2D eigenvalue weighted by Gasteiger charge is -2.20. The van der Waals surface area contributed by atoms with Gasteiger partial charge in [-0.15, -0.1) is 0 Å². The van der Waals surface area contributed by atoms with Crippen molar-refractivity contribution in [1.82, 2.24) is 5.32 Å². The molecule has 2 unspecified atom stereocenters. The summed E-state index contributed by atoms with van der Waals surface area (Å²) in [4.78, 5) is 0. The van der Waals surface area contributed by atoms with Crippen LogP contribution in [-0.2, 0) is 0 Å². The highest BCUT2D eigenvalue weighted by atomic mass is 32.2. The van der Waals surface area contributed by atoms with E-state index in [9.17, 15) is 5.11 Å². The van der Waals surface area contributed by atoms with Gasteiger partial charge < -0.3 is 15.7 Å². The van der Waals surface area contributed by atoms with Gasteiger partial charge in [0.2, 0.25) is 0 Å². The molecule has 1 aromatic carbocycles. The number of aliphatic hydroxyl groups excluding tert-OH is 1. The first-order chi connectivity index (χ1) is 11.2. The minimum Gasteiger partial charge on any atom is -0.390 e. The lowest BCUT2D eigenvalue weighted by molar-refractivity contribution is 0.178. The average Bonchev–Trinajstić information content (AvgIpc) is 2.59. The van der Waals surface area contributed by atoms with Gasteiger partial charge in [0.05, 0.1) is 17.7 Å². The number of hydrogen-bond donors (Lipinski definition) is 3. The Morgan fingerprint density at radius 2 is 1.91 bits per heavy atom. The van der Waals surface area contributed by atoms with Gasteiger partial charge in [0.25, 0.3) is 0 Å². The molecule has 0 aliphatic rings. The molecule has 23 heavy (non-hydrogen) atoms. The molecule has 3 N–H and O–H groups in total. The second-order valence-electron chi connectivity index (χ2n) is 5.64. The summed E-state index contributed by atoms with van der Waals surface area (Å²) in [6.07, 6.45) is 3.04. The summed E-state index contributed by atoms with van der Waals surface area (Å²) < 4.78 is 0. The molecule has 1 rings (SSSR count). The van der Waals surface area contributed by atoms with Crippen LogP contribution in [0.25, 0.3) is 0 Å². The molecule has 4 nitrogen and oxygen atoms in total. The molecule has 0 aromatic heterocycles. The SMILES string of the molecule is CCCSCCC(CC)NCC(O)CNc1ccc(C#N)cc1. The van der Waals surface area contributed by atoms with Crippen molar-refractivity contribution in [3.05, 3.63) is 29.8 Å². The largest absolute Gasteiger partial charge is 0.390 e. The highest BCUT2D eigenvalue weighted by molar-refractivity contribution is 7.99. The maximum atomic E-state index is 10.1. The third kappa shape index (κ3) is 8.85. The molecule has 0 bridgehead atoms. The van der Waals surface area contributed by atoms with Gasteiger partial charge in [-0.3, -0.25) is 0 Å². The highest BCUT2D eigenvalue weighted by Crippen LogP contribution is 2.10. The number of benzene rings is 1. The first-order valence-electron chi connectivity index (χ1n) is 8.42. The third-order valence-electron chi connectivity index (χ3n) is 3.65. The summed E-state index contributed by atoms with van der Waals surface area (Å²) in [5, 5.41) is 25.5. The van der Waals surface area contributed by atoms with Gasteiger partial charge in [-0.25, -0.2) is 0 Å². The van der Waals surface area contributed by atoms with Gasteiger partial charge in [0.15, 0.2) is 0 Å². The molecule has 0 radical (unpaired) electrons. The van der Waals surface area contributed by atoms with Gasteiger partial charge in [-0.1, -0.05) is 13.8 Å². The quantitative estimate of drug-likeness (QED) is 0.512. The first-order valence-corrected chi connectivity index (χ1v) is 9.58. The van der Waals surface area contributed by atoms with Gasteiger partial charge in [0.1, 0.15) is 0 Å². The molecule has 0 saturated carbocycles. The lowest BCUT2D eigenvalue weighted by Crippen LogP contribution is -2.38. The van der Waals surface area contributed by atoms with E-state index in [1.807, 2.05) is 23.9 Å². The fourth-order valence-corrected chi connectivity index (χ4v) is 3.14. The molecule has 0 amide bonds. The van der Waals surface area contributed by atoms with Crippen molar-refractivity contribution in [2.75, 3.05) is 29.9 Å². The number of nitrogens with zero attached hydrogens (tertiary/aromatic N) is 1. The van der Waals surface area contributed by atoms with E-state index < -0.39 is 6.10 Å². The molecular weight excluding hydrogens is 306 g/mol. The van der Waals surface area contributed by atoms with E-state index >= 15 is 0 Å². The predicted molar refractivity (Wildman–Crippen MR) is 100.0 cm³/mol. The predicted octanol–water partition coefficient (Wildman–Crippen LogP) is 3.23. The Bertz CT molecular complexity index is 458. The summed E-state index contributed by atoms with van der Waals surface area (Å²) in [6, 6.07) is 9.83. The van der Waals surface area contributed by atoms with E-state index in [-0.39, 0.29) is 0 Å². The molecular formula is C18H29N3OS. The van der Waals surface area contributed by atoms with Crippen molar-refractivity contribution < 1.29 is 5.11 Å². The number of rotatable bonds is 12. The van der Waals surface area contributed by atoms with Crippen LogP contribution in [0.3, 0.4) is 0 Å². The van der Waals surface area contributed by atoms with Crippen LogP contribution in [0.4, 0.5) is 5.69 Å². The zero-order valence-corrected chi connectivity index (χ0v) is 15.0. The summed E-state index contributed by atoms with van der Waals surface area (Å²) >= 11 is 2.00. The van der Waals surface area contributed by atoms with Crippen LogP contribution in [0.5, 0.6) is 0 Å². The summed E-state index contributed by atoms with van der Waals surface area (Å²) in [5.41, 5.74) is 1.57. The normalized spacial score (nSPS) is 13.3. The Kier molecular flexibility index (Phi) is 10.5. The second kappa shape index (κ2) is 12.2. The molecule has 1 aromatic rings. The Balaban J connectivity index is 2.21. The highest BCUT2D eigenvalue weighted by Gasteiger charge is 2.09. The Hall–Kier alpha value is -1.22. The van der Waals surface area contributed by atoms with E-state index in [1.165, 1.54) is 17.9 Å². The number of hydrogen-bond acceptors (Lipinski definition) is 5. The molecule has 128 valence electrons. The zero-order valence-electron chi connectivity index (χ0n) is 14.2. The van der Waals surface area contributed by atoms with E-state index in [2.05, 4.69) is 30.6 Å². The van der Waals surface area contributed by atoms with Crippen molar-refractivity contribution in [2.45, 2.75) is 45.3 Å². The molecule has 0 spiro atoms. The molecule has 0 saturated heterocycles. The minimum absolute atomic E-state index is 0.428. The van der Waals surface area contributed by atoms with Crippen LogP contribution in [-0.4, -0.2) is 41.8 Å². The van der Waals surface area contributed by atoms with Gasteiger partial charge in [0, 0.05) is 24.8 Å². The van der Waals surface area contributed by atoms with Crippen LogP contribution in [0.2, 0.25) is 0 Å². The summed E-state index contributed by atoms with van der Waals surface area (Å²) in [5.74, 6) is 2.41. The summed E-state index contributed by atoms with van der Waals surface area (Å²) in [6.45, 7) is 5.49. The van der Waals surface area contributed by atoms with Crippen LogP contribution in [0.15, 0.2) is 24.3 Å². The second-order valence-corrected chi connectivity index (χ2v) is 6.86. The van der Waals surface area contributed by atoms with E-state index in [0.29, 0.717) is 24.7 Å². The fraction of sp³-hybridized carbons (Fsp3) is 0.611. The monoisotopic (exact) mass is 335 g/mol. The Labute approximate surface area is 144 Å². The summed E-state index contributed by atoms with van der Waals surface area (Å²) in [7, 11) is 0. The van der Waals surface area contributed by atoms with Gasteiger partial charge in [-0.2, -0.15) is 17.0 Å². The minimum atomic E-state index is -0.428. The van der Waals surface area contributed by atoms with Crippen molar-refractivity contribution in [3.63, 3.8) is 0 Å². The van der Waals surface area contributed by atoms with E-state index in [4.69, 9.17) is 5.26 Å². The zero-order chi connectivity index (χ0) is 16.9. The molecule has 5 heteroatoms. The first kappa shape index (κ1) is 19.8. The van der Waals surface area contributed by atoms with Crippen LogP contribution >= 0.6 is 11.8 Å². The number of aliphatic hydroxyl groups is 1. The molecule has 0 fully saturated rings. The molecule has 0 heterocycles. The maximum absolute atomic E-state index is 10.1. The molecule has 0 aliphatic heterocycles. The van der Waals surface area contributed by atoms with E-state index in [1.54, 1.807) is 12.1 Å². The smallest absolute Gasteiger partial charge is 0.0991 e. The Morgan fingerprint density at radius 1 is 1.17 bits per heavy atom. The topological polar surface area (TPSA) is 68.1 Å². The van der Waals surface area contributed by atoms with Gasteiger partial charge >= 0.3 is 0 Å². The van der Waals surface area contributed by atoms with Crippen molar-refractivity contribution in [3.8, 4) is 6.07 Å². The number of thioether (sulfide) groups is 1. The van der Waals surface area contributed by atoms with Crippen LogP contribution in [0.1, 0.15) is 38.7 Å². The maximum Gasteiger partial charge on any atom is 0.0991 e. The lowest BCUT2D eigenvalue weighted by atomic mass is 10.1. The van der Waals surface area contributed by atoms with Crippen LogP contribution in [0, 0.1) is 11.3 Å².